The Hall–Kier alpha value is -0.570. The molecule has 1 saturated heterocycles. The zero-order valence-corrected chi connectivity index (χ0v) is 10.7. The second kappa shape index (κ2) is 7.66. The Morgan fingerprint density at radius 3 is 2.75 bits per heavy atom. The van der Waals surface area contributed by atoms with Crippen molar-refractivity contribution < 1.29 is 4.79 Å². The van der Waals surface area contributed by atoms with Crippen molar-refractivity contribution in [1.82, 2.24) is 10.6 Å². The van der Waals surface area contributed by atoms with Gasteiger partial charge in [0, 0.05) is 12.5 Å². The average molecular weight is 226 g/mol. The molecule has 0 radical (unpaired) electrons. The fraction of sp³-hybridized carbons (Fsp3) is 0.923. The number of hydrogen-bond acceptors (Lipinski definition) is 2. The van der Waals surface area contributed by atoms with Gasteiger partial charge in [-0.25, -0.2) is 0 Å². The molecule has 1 amide bonds. The van der Waals surface area contributed by atoms with E-state index in [0.717, 1.165) is 38.8 Å². The van der Waals surface area contributed by atoms with Gasteiger partial charge in [0.1, 0.15) is 0 Å². The molecule has 3 nitrogen and oxygen atoms in total. The summed E-state index contributed by atoms with van der Waals surface area (Å²) in [5.41, 5.74) is 0. The molecule has 1 aliphatic rings. The Bertz CT molecular complexity index is 200. The molecule has 0 spiro atoms. The Balaban J connectivity index is 2.13. The quantitative estimate of drug-likeness (QED) is 0.728. The van der Waals surface area contributed by atoms with Crippen molar-refractivity contribution >= 4 is 5.91 Å². The van der Waals surface area contributed by atoms with Gasteiger partial charge in [0.25, 0.3) is 0 Å². The zero-order valence-electron chi connectivity index (χ0n) is 10.7. The highest BCUT2D eigenvalue weighted by Crippen LogP contribution is 2.15. The first kappa shape index (κ1) is 13.5. The summed E-state index contributed by atoms with van der Waals surface area (Å²) < 4.78 is 0. The lowest BCUT2D eigenvalue weighted by molar-refractivity contribution is -0.122. The van der Waals surface area contributed by atoms with Gasteiger partial charge in [-0.1, -0.05) is 19.8 Å². The first-order valence-electron chi connectivity index (χ1n) is 6.72. The van der Waals surface area contributed by atoms with E-state index in [1.54, 1.807) is 0 Å². The van der Waals surface area contributed by atoms with E-state index in [9.17, 15) is 4.79 Å². The van der Waals surface area contributed by atoms with Crippen LogP contribution in [0.4, 0.5) is 0 Å². The summed E-state index contributed by atoms with van der Waals surface area (Å²) in [6.45, 7) is 6.44. The lowest BCUT2D eigenvalue weighted by atomic mass is 9.94. The van der Waals surface area contributed by atoms with Crippen molar-refractivity contribution in [3.63, 3.8) is 0 Å². The highest BCUT2D eigenvalue weighted by Gasteiger charge is 2.17. The van der Waals surface area contributed by atoms with Gasteiger partial charge >= 0.3 is 0 Å². The summed E-state index contributed by atoms with van der Waals surface area (Å²) in [5, 5.41) is 6.43. The van der Waals surface area contributed by atoms with Crippen LogP contribution < -0.4 is 10.6 Å². The minimum atomic E-state index is 0.246. The molecular weight excluding hydrogens is 200 g/mol. The number of carbonyl (C=O) groups excluding carboxylic acids is 1. The average Bonchev–Trinajstić information content (AvgIpc) is 2.27. The van der Waals surface area contributed by atoms with E-state index in [-0.39, 0.29) is 5.91 Å². The van der Waals surface area contributed by atoms with E-state index in [1.807, 2.05) is 0 Å². The third kappa shape index (κ3) is 5.50. The van der Waals surface area contributed by atoms with Crippen LogP contribution in [-0.4, -0.2) is 25.0 Å². The molecule has 1 heterocycles. The summed E-state index contributed by atoms with van der Waals surface area (Å²) in [6.07, 6.45) is 6.53. The molecule has 1 rings (SSSR count). The maximum atomic E-state index is 11.8. The number of unbranched alkanes of at least 4 members (excludes halogenated alkanes) is 1. The highest BCUT2D eigenvalue weighted by molar-refractivity contribution is 5.76. The van der Waals surface area contributed by atoms with Gasteiger partial charge < -0.3 is 10.6 Å². The van der Waals surface area contributed by atoms with E-state index in [0.29, 0.717) is 12.0 Å². The molecule has 0 saturated carbocycles. The Kier molecular flexibility index (Phi) is 6.46. The first-order valence-corrected chi connectivity index (χ1v) is 6.72. The van der Waals surface area contributed by atoms with Crippen LogP contribution in [0, 0.1) is 5.92 Å². The first-order chi connectivity index (χ1) is 7.72. The number of rotatable bonds is 6. The molecule has 1 aliphatic heterocycles. The van der Waals surface area contributed by atoms with Gasteiger partial charge in [-0.05, 0) is 45.2 Å². The van der Waals surface area contributed by atoms with Crippen molar-refractivity contribution in [3.8, 4) is 0 Å². The van der Waals surface area contributed by atoms with Crippen LogP contribution >= 0.6 is 0 Å². The topological polar surface area (TPSA) is 41.1 Å². The van der Waals surface area contributed by atoms with E-state index < -0.39 is 0 Å². The molecule has 0 aromatic rings. The summed E-state index contributed by atoms with van der Waals surface area (Å²) in [7, 11) is 0. The van der Waals surface area contributed by atoms with Crippen molar-refractivity contribution in [3.05, 3.63) is 0 Å². The lowest BCUT2D eigenvalue weighted by Crippen LogP contribution is -2.36. The van der Waals surface area contributed by atoms with Crippen molar-refractivity contribution in [2.24, 2.45) is 5.92 Å². The fourth-order valence-corrected chi connectivity index (χ4v) is 2.26. The molecule has 0 aliphatic carbocycles. The molecule has 1 fully saturated rings. The molecule has 1 atom stereocenters. The molecule has 3 heteroatoms. The van der Waals surface area contributed by atoms with E-state index in [4.69, 9.17) is 0 Å². The van der Waals surface area contributed by atoms with Crippen LogP contribution in [0.15, 0.2) is 0 Å². The Morgan fingerprint density at radius 2 is 2.12 bits per heavy atom. The van der Waals surface area contributed by atoms with Crippen LogP contribution in [0.2, 0.25) is 0 Å². The van der Waals surface area contributed by atoms with Gasteiger partial charge in [-0.3, -0.25) is 4.79 Å². The predicted octanol–water partition coefficient (Wildman–Crippen LogP) is 2.07. The SMILES string of the molecule is CCCCC(C)NC(=O)CC1CCNCC1. The van der Waals surface area contributed by atoms with Crippen molar-refractivity contribution in [2.75, 3.05) is 13.1 Å². The van der Waals surface area contributed by atoms with Crippen LogP contribution in [0.25, 0.3) is 0 Å². The summed E-state index contributed by atoms with van der Waals surface area (Å²) in [5.74, 6) is 0.843. The third-order valence-electron chi connectivity index (χ3n) is 3.33. The van der Waals surface area contributed by atoms with E-state index in [1.165, 1.54) is 12.8 Å². The standard InChI is InChI=1S/C13H26N2O/c1-3-4-5-11(2)15-13(16)10-12-6-8-14-9-7-12/h11-12,14H,3-10H2,1-2H3,(H,15,16). The van der Waals surface area contributed by atoms with E-state index in [2.05, 4.69) is 24.5 Å². The second-order valence-electron chi connectivity index (χ2n) is 5.01. The minimum Gasteiger partial charge on any atom is -0.354 e. The van der Waals surface area contributed by atoms with Crippen LogP contribution in [-0.2, 0) is 4.79 Å². The predicted molar refractivity (Wildman–Crippen MR) is 67.3 cm³/mol. The molecule has 0 aromatic carbocycles. The number of hydrogen-bond donors (Lipinski definition) is 2. The molecule has 0 aromatic heterocycles. The smallest absolute Gasteiger partial charge is 0.220 e. The van der Waals surface area contributed by atoms with Crippen molar-refractivity contribution in [2.45, 2.75) is 58.4 Å². The Labute approximate surface area is 99.4 Å². The van der Waals surface area contributed by atoms with Gasteiger partial charge in [0.15, 0.2) is 0 Å². The molecule has 1 unspecified atom stereocenters. The normalized spacial score (nSPS) is 19.4. The van der Waals surface area contributed by atoms with Gasteiger partial charge in [-0.2, -0.15) is 0 Å². The fourth-order valence-electron chi connectivity index (χ4n) is 2.26. The molecular formula is C13H26N2O. The summed E-state index contributed by atoms with van der Waals surface area (Å²) in [6, 6.07) is 0.342. The summed E-state index contributed by atoms with van der Waals surface area (Å²) >= 11 is 0. The maximum Gasteiger partial charge on any atom is 0.220 e. The van der Waals surface area contributed by atoms with E-state index >= 15 is 0 Å². The maximum absolute atomic E-state index is 11.8. The largest absolute Gasteiger partial charge is 0.354 e. The zero-order chi connectivity index (χ0) is 11.8. The monoisotopic (exact) mass is 226 g/mol. The molecule has 2 N–H and O–H groups in total. The minimum absolute atomic E-state index is 0.246. The van der Waals surface area contributed by atoms with Crippen molar-refractivity contribution in [1.29, 1.82) is 0 Å². The highest BCUT2D eigenvalue weighted by atomic mass is 16.1. The van der Waals surface area contributed by atoms with Crippen LogP contribution in [0.3, 0.4) is 0 Å². The molecule has 94 valence electrons. The lowest BCUT2D eigenvalue weighted by Gasteiger charge is -2.23. The number of nitrogens with one attached hydrogen (secondary N) is 2. The van der Waals surface area contributed by atoms with Gasteiger partial charge in [0.05, 0.1) is 0 Å². The van der Waals surface area contributed by atoms with Gasteiger partial charge in [0.2, 0.25) is 5.91 Å². The molecule has 16 heavy (non-hydrogen) atoms. The van der Waals surface area contributed by atoms with Gasteiger partial charge in [-0.15, -0.1) is 0 Å². The second-order valence-corrected chi connectivity index (χ2v) is 5.01. The number of carbonyl (C=O) groups is 1. The number of amides is 1. The summed E-state index contributed by atoms with van der Waals surface area (Å²) in [4.78, 5) is 11.8. The third-order valence-corrected chi connectivity index (χ3v) is 3.33. The van der Waals surface area contributed by atoms with Crippen LogP contribution in [0.5, 0.6) is 0 Å². The Morgan fingerprint density at radius 1 is 1.44 bits per heavy atom. The number of piperidine rings is 1. The van der Waals surface area contributed by atoms with Crippen LogP contribution in [0.1, 0.15) is 52.4 Å². The molecule has 0 bridgehead atoms.